The van der Waals surface area contributed by atoms with Crippen LogP contribution in [-0.2, 0) is 9.53 Å². The Labute approximate surface area is 86.2 Å². The minimum absolute atomic E-state index is 0.106. The summed E-state index contributed by atoms with van der Waals surface area (Å²) in [6.07, 6.45) is 6.12. The molecule has 0 saturated heterocycles. The molecule has 0 amide bonds. The maximum absolute atomic E-state index is 11.2. The van der Waals surface area contributed by atoms with Gasteiger partial charge in [-0.2, -0.15) is 0 Å². The highest BCUT2D eigenvalue weighted by Gasteiger charge is 2.16. The normalized spacial score (nSPS) is 17.2. The van der Waals surface area contributed by atoms with Crippen LogP contribution in [-0.4, -0.2) is 25.7 Å². The van der Waals surface area contributed by atoms with Gasteiger partial charge in [0.1, 0.15) is 0 Å². The Hall–Kier alpha value is -0.570. The molecule has 0 aromatic carbocycles. The van der Waals surface area contributed by atoms with Crippen LogP contribution in [0.4, 0.5) is 0 Å². The number of carbonyl (C=O) groups excluding carboxylic acids is 1. The molecule has 0 atom stereocenters. The zero-order chi connectivity index (χ0) is 10.2. The Morgan fingerprint density at radius 3 is 2.79 bits per heavy atom. The summed E-state index contributed by atoms with van der Waals surface area (Å²) in [4.78, 5) is 11.2. The summed E-state index contributed by atoms with van der Waals surface area (Å²) in [6, 6.07) is 0. The minimum atomic E-state index is -0.106. The lowest BCUT2D eigenvalue weighted by Gasteiger charge is -2.10. The first-order chi connectivity index (χ1) is 6.83. The van der Waals surface area contributed by atoms with Crippen molar-refractivity contribution in [3.8, 4) is 0 Å². The maximum atomic E-state index is 11.2. The molecule has 1 fully saturated rings. The zero-order valence-electron chi connectivity index (χ0n) is 9.05. The van der Waals surface area contributed by atoms with Crippen LogP contribution in [0.5, 0.6) is 0 Å². The van der Waals surface area contributed by atoms with Crippen molar-refractivity contribution in [1.29, 1.82) is 0 Å². The lowest BCUT2D eigenvalue weighted by Crippen LogP contribution is -2.26. The number of esters is 1. The maximum Gasteiger partial charge on any atom is 0.319 e. The molecule has 14 heavy (non-hydrogen) atoms. The number of rotatable bonds is 6. The third-order valence-electron chi connectivity index (χ3n) is 2.65. The molecule has 0 spiro atoms. The Balaban J connectivity index is 1.96. The quantitative estimate of drug-likeness (QED) is 0.523. The molecule has 1 saturated carbocycles. The first-order valence-electron chi connectivity index (χ1n) is 5.69. The Bertz CT molecular complexity index is 165. The van der Waals surface area contributed by atoms with E-state index in [1.165, 1.54) is 25.7 Å². The van der Waals surface area contributed by atoms with E-state index in [1.54, 1.807) is 0 Å². The smallest absolute Gasteiger partial charge is 0.319 e. The molecule has 82 valence electrons. The van der Waals surface area contributed by atoms with E-state index in [4.69, 9.17) is 4.74 Å². The van der Waals surface area contributed by atoms with Gasteiger partial charge in [0.05, 0.1) is 13.2 Å². The van der Waals surface area contributed by atoms with Gasteiger partial charge < -0.3 is 10.1 Å². The summed E-state index contributed by atoms with van der Waals surface area (Å²) in [5.41, 5.74) is 0. The fourth-order valence-corrected chi connectivity index (χ4v) is 1.81. The van der Waals surface area contributed by atoms with Crippen molar-refractivity contribution in [2.45, 2.75) is 39.0 Å². The molecule has 0 aliphatic heterocycles. The zero-order valence-corrected chi connectivity index (χ0v) is 9.05. The van der Waals surface area contributed by atoms with Crippen molar-refractivity contribution < 1.29 is 9.53 Å². The molecule has 0 heterocycles. The highest BCUT2D eigenvalue weighted by Crippen LogP contribution is 2.24. The molecule has 3 nitrogen and oxygen atoms in total. The van der Waals surface area contributed by atoms with Gasteiger partial charge >= 0.3 is 5.97 Å². The highest BCUT2D eigenvalue weighted by molar-refractivity contribution is 5.71. The van der Waals surface area contributed by atoms with Gasteiger partial charge in [0, 0.05) is 0 Å². The minimum Gasteiger partial charge on any atom is -0.464 e. The van der Waals surface area contributed by atoms with Crippen LogP contribution in [0.25, 0.3) is 0 Å². The van der Waals surface area contributed by atoms with Crippen LogP contribution in [0.2, 0.25) is 0 Å². The molecule has 3 heteroatoms. The molecule has 1 N–H and O–H groups in total. The number of hydrogen-bond donors (Lipinski definition) is 1. The van der Waals surface area contributed by atoms with Crippen LogP contribution >= 0.6 is 0 Å². The lowest BCUT2D eigenvalue weighted by atomic mass is 10.1. The predicted molar refractivity (Wildman–Crippen MR) is 56.1 cm³/mol. The fraction of sp³-hybridized carbons (Fsp3) is 0.909. The largest absolute Gasteiger partial charge is 0.464 e. The van der Waals surface area contributed by atoms with Crippen LogP contribution in [0, 0.1) is 5.92 Å². The van der Waals surface area contributed by atoms with Crippen LogP contribution in [0.15, 0.2) is 0 Å². The average Bonchev–Trinajstić information content (AvgIpc) is 2.68. The number of carbonyl (C=O) groups is 1. The molecule has 0 unspecified atom stereocenters. The summed E-state index contributed by atoms with van der Waals surface area (Å²) in [6.45, 7) is 3.96. The molecule has 0 radical (unpaired) electrons. The first kappa shape index (κ1) is 11.5. The van der Waals surface area contributed by atoms with Gasteiger partial charge in [-0.15, -0.1) is 0 Å². The number of ether oxygens (including phenoxy) is 1. The average molecular weight is 199 g/mol. The van der Waals surface area contributed by atoms with Gasteiger partial charge in [-0.3, -0.25) is 4.79 Å². The van der Waals surface area contributed by atoms with Crippen molar-refractivity contribution in [3.05, 3.63) is 0 Å². The number of hydrogen-bond acceptors (Lipinski definition) is 3. The van der Waals surface area contributed by atoms with Gasteiger partial charge in [-0.1, -0.05) is 19.8 Å². The van der Waals surface area contributed by atoms with E-state index >= 15 is 0 Å². The Kier molecular flexibility index (Phi) is 5.60. The van der Waals surface area contributed by atoms with Gasteiger partial charge in [0.2, 0.25) is 0 Å². The first-order valence-corrected chi connectivity index (χ1v) is 5.69. The second-order valence-electron chi connectivity index (χ2n) is 4.01. The van der Waals surface area contributed by atoms with Crippen molar-refractivity contribution >= 4 is 5.97 Å². The molecule has 1 rings (SSSR count). The standard InChI is InChI=1S/C11H21NO2/c1-2-7-12-8-11(13)14-9-10-5-3-4-6-10/h10,12H,2-9H2,1H3. The van der Waals surface area contributed by atoms with Crippen molar-refractivity contribution in [3.63, 3.8) is 0 Å². The Morgan fingerprint density at radius 2 is 2.14 bits per heavy atom. The van der Waals surface area contributed by atoms with Gasteiger partial charge in [-0.25, -0.2) is 0 Å². The predicted octanol–water partition coefficient (Wildman–Crippen LogP) is 1.72. The van der Waals surface area contributed by atoms with Crippen molar-refractivity contribution in [2.24, 2.45) is 5.92 Å². The molecular formula is C11H21NO2. The van der Waals surface area contributed by atoms with E-state index in [-0.39, 0.29) is 5.97 Å². The highest BCUT2D eigenvalue weighted by atomic mass is 16.5. The van der Waals surface area contributed by atoms with Gasteiger partial charge in [-0.05, 0) is 31.7 Å². The summed E-state index contributed by atoms with van der Waals surface area (Å²) in [5.74, 6) is 0.524. The second kappa shape index (κ2) is 6.82. The SMILES string of the molecule is CCCNCC(=O)OCC1CCCC1. The van der Waals surface area contributed by atoms with Gasteiger partial charge in [0.15, 0.2) is 0 Å². The molecule has 0 bridgehead atoms. The molecule has 0 aromatic heterocycles. The van der Waals surface area contributed by atoms with E-state index in [0.717, 1.165) is 13.0 Å². The second-order valence-corrected chi connectivity index (χ2v) is 4.01. The molecule has 1 aliphatic rings. The summed E-state index contributed by atoms with van der Waals surface area (Å²) in [5, 5.41) is 3.04. The van der Waals surface area contributed by atoms with E-state index in [2.05, 4.69) is 12.2 Å². The van der Waals surface area contributed by atoms with E-state index in [0.29, 0.717) is 19.1 Å². The molecular weight excluding hydrogens is 178 g/mol. The lowest BCUT2D eigenvalue weighted by molar-refractivity contribution is -0.143. The third kappa shape index (κ3) is 4.61. The van der Waals surface area contributed by atoms with E-state index < -0.39 is 0 Å². The van der Waals surface area contributed by atoms with Crippen LogP contribution in [0.1, 0.15) is 39.0 Å². The summed E-state index contributed by atoms with van der Waals surface area (Å²) in [7, 11) is 0. The number of nitrogens with one attached hydrogen (secondary N) is 1. The van der Waals surface area contributed by atoms with Gasteiger partial charge in [0.25, 0.3) is 0 Å². The molecule has 0 aromatic rings. The monoisotopic (exact) mass is 199 g/mol. The fourth-order valence-electron chi connectivity index (χ4n) is 1.81. The van der Waals surface area contributed by atoms with E-state index in [9.17, 15) is 4.79 Å². The molecule has 1 aliphatic carbocycles. The van der Waals surface area contributed by atoms with Crippen LogP contribution in [0.3, 0.4) is 0 Å². The van der Waals surface area contributed by atoms with Crippen LogP contribution < -0.4 is 5.32 Å². The Morgan fingerprint density at radius 1 is 1.43 bits per heavy atom. The summed E-state index contributed by atoms with van der Waals surface area (Å²) >= 11 is 0. The topological polar surface area (TPSA) is 38.3 Å². The van der Waals surface area contributed by atoms with E-state index in [1.807, 2.05) is 0 Å². The van der Waals surface area contributed by atoms with Crippen molar-refractivity contribution in [2.75, 3.05) is 19.7 Å². The summed E-state index contributed by atoms with van der Waals surface area (Å²) < 4.78 is 5.17. The third-order valence-corrected chi connectivity index (χ3v) is 2.65. The van der Waals surface area contributed by atoms with Crippen molar-refractivity contribution in [1.82, 2.24) is 5.32 Å².